The summed E-state index contributed by atoms with van der Waals surface area (Å²) < 4.78 is 10.1. The third kappa shape index (κ3) is 2.54. The van der Waals surface area contributed by atoms with Crippen molar-refractivity contribution in [2.45, 2.75) is 13.0 Å². The van der Waals surface area contributed by atoms with Crippen molar-refractivity contribution in [1.29, 1.82) is 0 Å². The van der Waals surface area contributed by atoms with Gasteiger partial charge in [-0.3, -0.25) is 4.90 Å². The molecule has 1 aliphatic rings. The van der Waals surface area contributed by atoms with Crippen LogP contribution in [0.4, 0.5) is 0 Å². The number of aromatic nitrogens is 1. The third-order valence-electron chi connectivity index (χ3n) is 2.20. The molecule has 4 heteroatoms. The standard InChI is InChI=1S/C9H14N2O2/c1-2-11(3-5-12-4-1)7-9-6-10-13-8-9/h6,8H,1-5,7H2. The van der Waals surface area contributed by atoms with Crippen molar-refractivity contribution in [1.82, 2.24) is 10.1 Å². The lowest BCUT2D eigenvalue weighted by Gasteiger charge is -2.17. The molecule has 0 unspecified atom stereocenters. The first kappa shape index (κ1) is 8.72. The second-order valence-corrected chi connectivity index (χ2v) is 3.27. The summed E-state index contributed by atoms with van der Waals surface area (Å²) in [4.78, 5) is 2.36. The zero-order chi connectivity index (χ0) is 8.93. The van der Waals surface area contributed by atoms with E-state index < -0.39 is 0 Å². The van der Waals surface area contributed by atoms with Crippen molar-refractivity contribution in [3.05, 3.63) is 18.0 Å². The van der Waals surface area contributed by atoms with E-state index in [1.54, 1.807) is 12.5 Å². The van der Waals surface area contributed by atoms with Gasteiger partial charge >= 0.3 is 0 Å². The highest BCUT2D eigenvalue weighted by atomic mass is 16.5. The summed E-state index contributed by atoms with van der Waals surface area (Å²) in [5.74, 6) is 0. The van der Waals surface area contributed by atoms with Crippen LogP contribution in [0.3, 0.4) is 0 Å². The van der Waals surface area contributed by atoms with Gasteiger partial charge in [-0.1, -0.05) is 5.16 Å². The van der Waals surface area contributed by atoms with Crippen molar-refractivity contribution in [3.63, 3.8) is 0 Å². The summed E-state index contributed by atoms with van der Waals surface area (Å²) in [6.45, 7) is 4.76. The Bertz CT molecular complexity index is 228. The van der Waals surface area contributed by atoms with Crippen LogP contribution in [-0.4, -0.2) is 36.4 Å². The van der Waals surface area contributed by atoms with Crippen molar-refractivity contribution in [3.8, 4) is 0 Å². The van der Waals surface area contributed by atoms with E-state index in [1.165, 1.54) is 0 Å². The molecule has 1 aromatic rings. The van der Waals surface area contributed by atoms with Gasteiger partial charge in [0.1, 0.15) is 6.26 Å². The van der Waals surface area contributed by atoms with E-state index in [0.29, 0.717) is 0 Å². The van der Waals surface area contributed by atoms with Crippen LogP contribution in [0.5, 0.6) is 0 Å². The van der Waals surface area contributed by atoms with Gasteiger partial charge in [0.15, 0.2) is 0 Å². The maximum absolute atomic E-state index is 5.36. The van der Waals surface area contributed by atoms with E-state index in [2.05, 4.69) is 10.1 Å². The normalized spacial score (nSPS) is 20.0. The Morgan fingerprint density at radius 1 is 1.38 bits per heavy atom. The fourth-order valence-corrected chi connectivity index (χ4v) is 1.52. The summed E-state index contributed by atoms with van der Waals surface area (Å²) in [5, 5.41) is 3.68. The maximum atomic E-state index is 5.36. The van der Waals surface area contributed by atoms with Gasteiger partial charge in [-0.2, -0.15) is 0 Å². The molecule has 0 N–H and O–H groups in total. The minimum absolute atomic E-state index is 0.839. The second-order valence-electron chi connectivity index (χ2n) is 3.27. The highest BCUT2D eigenvalue weighted by molar-refractivity contribution is 4.99. The maximum Gasteiger partial charge on any atom is 0.128 e. The number of ether oxygens (including phenoxy) is 1. The van der Waals surface area contributed by atoms with Crippen LogP contribution in [0.1, 0.15) is 12.0 Å². The molecular formula is C9H14N2O2. The predicted octanol–water partition coefficient (Wildman–Crippen LogP) is 0.897. The van der Waals surface area contributed by atoms with Gasteiger partial charge in [0, 0.05) is 31.8 Å². The minimum Gasteiger partial charge on any atom is -0.380 e. The van der Waals surface area contributed by atoms with Gasteiger partial charge in [0.25, 0.3) is 0 Å². The van der Waals surface area contributed by atoms with E-state index in [4.69, 9.17) is 9.26 Å². The molecular weight excluding hydrogens is 168 g/mol. The fourth-order valence-electron chi connectivity index (χ4n) is 1.52. The third-order valence-corrected chi connectivity index (χ3v) is 2.20. The number of rotatable bonds is 2. The minimum atomic E-state index is 0.839. The van der Waals surface area contributed by atoms with Crippen LogP contribution in [-0.2, 0) is 11.3 Å². The van der Waals surface area contributed by atoms with E-state index in [1.807, 2.05) is 0 Å². The van der Waals surface area contributed by atoms with Gasteiger partial charge < -0.3 is 9.26 Å². The topological polar surface area (TPSA) is 38.5 Å². The summed E-state index contributed by atoms with van der Waals surface area (Å²) in [5.41, 5.74) is 1.14. The van der Waals surface area contributed by atoms with Gasteiger partial charge in [-0.05, 0) is 6.42 Å². The molecule has 1 aliphatic heterocycles. The molecule has 0 amide bonds. The van der Waals surface area contributed by atoms with Gasteiger partial charge in [0.05, 0.1) is 12.8 Å². The number of hydrogen-bond donors (Lipinski definition) is 0. The molecule has 0 radical (unpaired) electrons. The molecule has 0 atom stereocenters. The zero-order valence-corrected chi connectivity index (χ0v) is 7.61. The fraction of sp³-hybridized carbons (Fsp3) is 0.667. The molecule has 1 aromatic heterocycles. The molecule has 1 saturated heterocycles. The SMILES string of the molecule is c1nocc1CN1CCCOCC1. The first-order chi connectivity index (χ1) is 6.45. The monoisotopic (exact) mass is 182 g/mol. The van der Waals surface area contributed by atoms with E-state index in [0.717, 1.165) is 44.8 Å². The summed E-state index contributed by atoms with van der Waals surface area (Å²) in [6, 6.07) is 0. The molecule has 0 aliphatic carbocycles. The average Bonchev–Trinajstić information content (AvgIpc) is 2.49. The number of nitrogens with zero attached hydrogens (tertiary/aromatic N) is 2. The molecule has 0 bridgehead atoms. The Morgan fingerprint density at radius 3 is 3.23 bits per heavy atom. The Balaban J connectivity index is 1.86. The average molecular weight is 182 g/mol. The quantitative estimate of drug-likeness (QED) is 0.681. The Hall–Kier alpha value is -0.870. The molecule has 0 saturated carbocycles. The summed E-state index contributed by atoms with van der Waals surface area (Å²) in [6.07, 6.45) is 4.59. The van der Waals surface area contributed by atoms with E-state index >= 15 is 0 Å². The van der Waals surface area contributed by atoms with Gasteiger partial charge in [-0.25, -0.2) is 0 Å². The van der Waals surface area contributed by atoms with Crippen molar-refractivity contribution in [2.75, 3.05) is 26.3 Å². The molecule has 2 heterocycles. The van der Waals surface area contributed by atoms with Crippen LogP contribution < -0.4 is 0 Å². The lowest BCUT2D eigenvalue weighted by molar-refractivity contribution is 0.140. The van der Waals surface area contributed by atoms with Crippen LogP contribution in [0, 0.1) is 0 Å². The van der Waals surface area contributed by atoms with Gasteiger partial charge in [-0.15, -0.1) is 0 Å². The highest BCUT2D eigenvalue weighted by Crippen LogP contribution is 2.06. The molecule has 0 aromatic carbocycles. The predicted molar refractivity (Wildman–Crippen MR) is 47.2 cm³/mol. The van der Waals surface area contributed by atoms with E-state index in [9.17, 15) is 0 Å². The first-order valence-electron chi connectivity index (χ1n) is 4.63. The Labute approximate surface area is 77.5 Å². The summed E-state index contributed by atoms with van der Waals surface area (Å²) >= 11 is 0. The first-order valence-corrected chi connectivity index (χ1v) is 4.63. The van der Waals surface area contributed by atoms with E-state index in [-0.39, 0.29) is 0 Å². The molecule has 13 heavy (non-hydrogen) atoms. The summed E-state index contributed by atoms with van der Waals surface area (Å²) in [7, 11) is 0. The van der Waals surface area contributed by atoms with Crippen molar-refractivity contribution < 1.29 is 9.26 Å². The van der Waals surface area contributed by atoms with Crippen LogP contribution in [0.25, 0.3) is 0 Å². The second kappa shape index (κ2) is 4.39. The zero-order valence-electron chi connectivity index (χ0n) is 7.61. The Morgan fingerprint density at radius 2 is 2.38 bits per heavy atom. The smallest absolute Gasteiger partial charge is 0.128 e. The van der Waals surface area contributed by atoms with Crippen molar-refractivity contribution in [2.24, 2.45) is 0 Å². The van der Waals surface area contributed by atoms with Crippen LogP contribution in [0.15, 0.2) is 17.0 Å². The molecule has 72 valence electrons. The molecule has 4 nitrogen and oxygen atoms in total. The molecule has 1 fully saturated rings. The molecule has 2 rings (SSSR count). The lowest BCUT2D eigenvalue weighted by Crippen LogP contribution is -2.25. The van der Waals surface area contributed by atoms with Crippen LogP contribution in [0.2, 0.25) is 0 Å². The highest BCUT2D eigenvalue weighted by Gasteiger charge is 2.09. The number of hydrogen-bond acceptors (Lipinski definition) is 4. The molecule has 0 spiro atoms. The largest absolute Gasteiger partial charge is 0.380 e. The van der Waals surface area contributed by atoms with Crippen molar-refractivity contribution >= 4 is 0 Å². The Kier molecular flexibility index (Phi) is 2.94. The lowest BCUT2D eigenvalue weighted by atomic mass is 10.3. The van der Waals surface area contributed by atoms with Crippen LogP contribution >= 0.6 is 0 Å². The van der Waals surface area contributed by atoms with Gasteiger partial charge in [0.2, 0.25) is 0 Å².